The smallest absolute Gasteiger partial charge is 0.373 e. The molecule has 3 nitrogen and oxygen atoms in total. The Morgan fingerprint density at radius 2 is 2.00 bits per heavy atom. The van der Waals surface area contributed by atoms with Crippen molar-refractivity contribution in [2.24, 2.45) is 0 Å². The summed E-state index contributed by atoms with van der Waals surface area (Å²) in [7, 11) is 0. The van der Waals surface area contributed by atoms with Crippen molar-refractivity contribution < 1.29 is 14.3 Å². The second-order valence-corrected chi connectivity index (χ2v) is 2.99. The van der Waals surface area contributed by atoms with E-state index in [4.69, 9.17) is 9.47 Å². The van der Waals surface area contributed by atoms with Crippen molar-refractivity contribution in [1.82, 2.24) is 0 Å². The molecule has 0 heterocycles. The molecule has 0 bridgehead atoms. The van der Waals surface area contributed by atoms with E-state index in [9.17, 15) is 4.79 Å². The Bertz CT molecular complexity index is 227. The van der Waals surface area contributed by atoms with Crippen molar-refractivity contribution in [2.45, 2.75) is 33.8 Å². The molecule has 0 rings (SSSR count). The predicted octanol–water partition coefficient (Wildman–Crippen LogP) is 2.43. The van der Waals surface area contributed by atoms with Gasteiger partial charge in [-0.15, -0.1) is 0 Å². The number of esters is 1. The van der Waals surface area contributed by atoms with Gasteiger partial charge in [-0.1, -0.05) is 12.2 Å². The minimum Gasteiger partial charge on any atom is -0.483 e. The molecule has 0 amide bonds. The summed E-state index contributed by atoms with van der Waals surface area (Å²) in [5, 5.41) is 0. The Kier molecular flexibility index (Phi) is 6.54. The van der Waals surface area contributed by atoms with E-state index in [1.54, 1.807) is 26.8 Å². The van der Waals surface area contributed by atoms with Crippen LogP contribution in [0.15, 0.2) is 24.0 Å². The van der Waals surface area contributed by atoms with Crippen LogP contribution in [0, 0.1) is 0 Å². The van der Waals surface area contributed by atoms with Gasteiger partial charge < -0.3 is 9.47 Å². The SMILES string of the molecule is C/C=C\CO/C(=C\C)C(=O)OC(C)C. The summed E-state index contributed by atoms with van der Waals surface area (Å²) in [5.74, 6) is -0.149. The summed E-state index contributed by atoms with van der Waals surface area (Å²) < 4.78 is 10.2. The average Bonchev–Trinajstić information content (AvgIpc) is 2.11. The van der Waals surface area contributed by atoms with Crippen LogP contribution in [0.5, 0.6) is 0 Å². The third kappa shape index (κ3) is 5.41. The Hall–Kier alpha value is -1.25. The van der Waals surface area contributed by atoms with Crippen molar-refractivity contribution in [3.63, 3.8) is 0 Å². The van der Waals surface area contributed by atoms with Crippen LogP contribution in [0.25, 0.3) is 0 Å². The Balaban J connectivity index is 4.08. The quantitative estimate of drug-likeness (QED) is 0.294. The molecule has 0 N–H and O–H groups in total. The monoisotopic (exact) mass is 198 g/mol. The van der Waals surface area contributed by atoms with Gasteiger partial charge in [0.1, 0.15) is 6.61 Å². The summed E-state index contributed by atoms with van der Waals surface area (Å²) in [5.41, 5.74) is 0. The van der Waals surface area contributed by atoms with Crippen LogP contribution < -0.4 is 0 Å². The molecule has 14 heavy (non-hydrogen) atoms. The fraction of sp³-hybridized carbons (Fsp3) is 0.545. The summed E-state index contributed by atoms with van der Waals surface area (Å²) >= 11 is 0. The van der Waals surface area contributed by atoms with Crippen LogP contribution >= 0.6 is 0 Å². The first kappa shape index (κ1) is 12.8. The van der Waals surface area contributed by atoms with E-state index in [1.165, 1.54) is 0 Å². The molecule has 0 saturated carbocycles. The number of carbonyl (C=O) groups is 1. The van der Waals surface area contributed by atoms with Gasteiger partial charge in [-0.25, -0.2) is 4.79 Å². The lowest BCUT2D eigenvalue weighted by molar-refractivity contribution is -0.146. The molecule has 0 atom stereocenters. The molecule has 0 aliphatic carbocycles. The molecule has 0 aromatic carbocycles. The highest BCUT2D eigenvalue weighted by atomic mass is 16.6. The molecular formula is C11H18O3. The fourth-order valence-corrected chi connectivity index (χ4v) is 0.766. The van der Waals surface area contributed by atoms with Crippen molar-refractivity contribution in [3.05, 3.63) is 24.0 Å². The normalized spacial score (nSPS) is 12.2. The first-order valence-corrected chi connectivity index (χ1v) is 4.73. The lowest BCUT2D eigenvalue weighted by Crippen LogP contribution is -2.15. The average molecular weight is 198 g/mol. The third-order valence-electron chi connectivity index (χ3n) is 1.38. The molecular weight excluding hydrogens is 180 g/mol. The summed E-state index contributed by atoms with van der Waals surface area (Å²) in [6.45, 7) is 7.63. The van der Waals surface area contributed by atoms with Gasteiger partial charge in [0.15, 0.2) is 0 Å². The highest BCUT2D eigenvalue weighted by Crippen LogP contribution is 2.03. The standard InChI is InChI=1S/C11H18O3/c1-5-7-8-13-10(6-2)11(12)14-9(3)4/h5-7,9H,8H2,1-4H3/b7-5-,10-6-. The first-order chi connectivity index (χ1) is 6.61. The zero-order chi connectivity index (χ0) is 11.0. The fourth-order valence-electron chi connectivity index (χ4n) is 0.766. The summed E-state index contributed by atoms with van der Waals surface area (Å²) in [4.78, 5) is 11.3. The van der Waals surface area contributed by atoms with Gasteiger partial charge in [-0.05, 0) is 33.8 Å². The Morgan fingerprint density at radius 1 is 1.36 bits per heavy atom. The number of ether oxygens (including phenoxy) is 2. The molecule has 0 aliphatic rings. The minimum absolute atomic E-state index is 0.122. The third-order valence-corrected chi connectivity index (χ3v) is 1.38. The van der Waals surface area contributed by atoms with E-state index in [2.05, 4.69) is 0 Å². The van der Waals surface area contributed by atoms with Gasteiger partial charge in [0.25, 0.3) is 0 Å². The van der Waals surface area contributed by atoms with E-state index in [0.717, 1.165) is 0 Å². The van der Waals surface area contributed by atoms with Crippen LogP contribution in [0.4, 0.5) is 0 Å². The second kappa shape index (κ2) is 7.18. The van der Waals surface area contributed by atoms with E-state index in [0.29, 0.717) is 6.61 Å². The molecule has 0 unspecified atom stereocenters. The molecule has 0 aromatic heterocycles. The van der Waals surface area contributed by atoms with E-state index >= 15 is 0 Å². The number of carbonyl (C=O) groups excluding carboxylic acids is 1. The summed E-state index contributed by atoms with van der Waals surface area (Å²) in [6, 6.07) is 0. The maximum Gasteiger partial charge on any atom is 0.373 e. The maximum atomic E-state index is 11.3. The lowest BCUT2D eigenvalue weighted by atomic mass is 10.4. The minimum atomic E-state index is -0.410. The van der Waals surface area contributed by atoms with Gasteiger partial charge in [0.05, 0.1) is 6.10 Å². The zero-order valence-electron chi connectivity index (χ0n) is 9.24. The number of hydrogen-bond donors (Lipinski definition) is 0. The van der Waals surface area contributed by atoms with Crippen molar-refractivity contribution >= 4 is 5.97 Å². The topological polar surface area (TPSA) is 35.5 Å². The van der Waals surface area contributed by atoms with E-state index < -0.39 is 5.97 Å². The van der Waals surface area contributed by atoms with Crippen LogP contribution in [-0.2, 0) is 14.3 Å². The zero-order valence-corrected chi connectivity index (χ0v) is 9.24. The second-order valence-electron chi connectivity index (χ2n) is 2.99. The molecule has 0 radical (unpaired) electrons. The first-order valence-electron chi connectivity index (χ1n) is 4.73. The Morgan fingerprint density at radius 3 is 2.43 bits per heavy atom. The Labute approximate surface area is 85.4 Å². The largest absolute Gasteiger partial charge is 0.483 e. The molecule has 0 fully saturated rings. The molecule has 0 spiro atoms. The van der Waals surface area contributed by atoms with E-state index in [-0.39, 0.29) is 11.9 Å². The summed E-state index contributed by atoms with van der Waals surface area (Å²) in [6.07, 6.45) is 5.17. The predicted molar refractivity (Wildman–Crippen MR) is 55.8 cm³/mol. The van der Waals surface area contributed by atoms with Gasteiger partial charge in [-0.3, -0.25) is 0 Å². The van der Waals surface area contributed by atoms with Crippen molar-refractivity contribution in [3.8, 4) is 0 Å². The molecule has 0 aromatic rings. The lowest BCUT2D eigenvalue weighted by Gasteiger charge is -2.10. The van der Waals surface area contributed by atoms with Gasteiger partial charge in [0, 0.05) is 0 Å². The van der Waals surface area contributed by atoms with Gasteiger partial charge >= 0.3 is 5.97 Å². The van der Waals surface area contributed by atoms with Crippen LogP contribution in [-0.4, -0.2) is 18.7 Å². The van der Waals surface area contributed by atoms with Gasteiger partial charge in [0.2, 0.25) is 5.76 Å². The van der Waals surface area contributed by atoms with Gasteiger partial charge in [-0.2, -0.15) is 0 Å². The van der Waals surface area contributed by atoms with Crippen LogP contribution in [0.2, 0.25) is 0 Å². The van der Waals surface area contributed by atoms with Crippen LogP contribution in [0.1, 0.15) is 27.7 Å². The number of rotatable bonds is 5. The number of allylic oxidation sites excluding steroid dienone is 2. The highest BCUT2D eigenvalue weighted by Gasteiger charge is 2.12. The molecule has 3 heteroatoms. The van der Waals surface area contributed by atoms with Crippen molar-refractivity contribution in [1.29, 1.82) is 0 Å². The molecule has 80 valence electrons. The van der Waals surface area contributed by atoms with Crippen LogP contribution in [0.3, 0.4) is 0 Å². The number of hydrogen-bond acceptors (Lipinski definition) is 3. The van der Waals surface area contributed by atoms with Crippen molar-refractivity contribution in [2.75, 3.05) is 6.61 Å². The molecule has 0 saturated heterocycles. The molecule has 0 aliphatic heterocycles. The van der Waals surface area contributed by atoms with E-state index in [1.807, 2.05) is 19.1 Å². The maximum absolute atomic E-state index is 11.3. The highest BCUT2D eigenvalue weighted by molar-refractivity contribution is 5.86.